The molecule has 0 saturated heterocycles. The van der Waals surface area contributed by atoms with Crippen molar-refractivity contribution in [3.05, 3.63) is 39.9 Å². The lowest BCUT2D eigenvalue weighted by Gasteiger charge is -2.13. The highest BCUT2D eigenvalue weighted by atomic mass is 16.6. The number of non-ortho nitro benzene ring substituents is 1. The van der Waals surface area contributed by atoms with Crippen LogP contribution in [0.5, 0.6) is 0 Å². The molecule has 2 N–H and O–H groups in total. The summed E-state index contributed by atoms with van der Waals surface area (Å²) in [6.07, 6.45) is 0. The fourth-order valence-corrected chi connectivity index (χ4v) is 1.49. The summed E-state index contributed by atoms with van der Waals surface area (Å²) in [5.41, 5.74) is 0.950. The van der Waals surface area contributed by atoms with E-state index < -0.39 is 4.92 Å². The van der Waals surface area contributed by atoms with Crippen molar-refractivity contribution in [1.82, 2.24) is 10.6 Å². The summed E-state index contributed by atoms with van der Waals surface area (Å²) in [5.74, 6) is 1.22. The third-order valence-electron chi connectivity index (χ3n) is 2.48. The third-order valence-corrected chi connectivity index (χ3v) is 2.48. The largest absolute Gasteiger partial charge is 0.356 e. The number of hydrogen-bond acceptors (Lipinski definition) is 3. The molecule has 1 aromatic carbocycles. The number of aliphatic imine (C=N–C) groups is 1. The number of nitrogens with zero attached hydrogens (tertiary/aromatic N) is 2. The summed E-state index contributed by atoms with van der Waals surface area (Å²) in [5, 5.41) is 17.0. The molecule has 0 radical (unpaired) electrons. The Morgan fingerprint density at radius 3 is 2.74 bits per heavy atom. The molecule has 0 saturated carbocycles. The first-order valence-corrected chi connectivity index (χ1v) is 6.20. The van der Waals surface area contributed by atoms with Crippen LogP contribution in [0, 0.1) is 16.0 Å². The zero-order chi connectivity index (χ0) is 14.3. The number of nitro benzene ring substituents is 1. The molecule has 0 heterocycles. The van der Waals surface area contributed by atoms with E-state index in [-0.39, 0.29) is 5.69 Å². The van der Waals surface area contributed by atoms with Crippen LogP contribution in [0.15, 0.2) is 29.3 Å². The highest BCUT2D eigenvalue weighted by molar-refractivity contribution is 5.79. The van der Waals surface area contributed by atoms with Gasteiger partial charge < -0.3 is 10.6 Å². The van der Waals surface area contributed by atoms with Gasteiger partial charge in [0.2, 0.25) is 0 Å². The monoisotopic (exact) mass is 264 g/mol. The SMILES string of the molecule is CN=C(NCc1cccc([N+](=O)[O-])c1)NCC(C)C. The van der Waals surface area contributed by atoms with E-state index in [0.717, 1.165) is 12.1 Å². The number of hydrogen-bond donors (Lipinski definition) is 2. The van der Waals surface area contributed by atoms with E-state index in [9.17, 15) is 10.1 Å². The van der Waals surface area contributed by atoms with Crippen molar-refractivity contribution in [3.8, 4) is 0 Å². The lowest BCUT2D eigenvalue weighted by atomic mass is 10.2. The van der Waals surface area contributed by atoms with Gasteiger partial charge in [-0.2, -0.15) is 0 Å². The fourth-order valence-electron chi connectivity index (χ4n) is 1.49. The molecule has 6 nitrogen and oxygen atoms in total. The van der Waals surface area contributed by atoms with Gasteiger partial charge in [0.25, 0.3) is 5.69 Å². The smallest absolute Gasteiger partial charge is 0.269 e. The average molecular weight is 264 g/mol. The van der Waals surface area contributed by atoms with Gasteiger partial charge in [0, 0.05) is 32.3 Å². The van der Waals surface area contributed by atoms with E-state index in [1.165, 1.54) is 6.07 Å². The minimum atomic E-state index is -0.394. The molecule has 0 atom stereocenters. The van der Waals surface area contributed by atoms with Crippen molar-refractivity contribution in [2.24, 2.45) is 10.9 Å². The number of nitro groups is 1. The van der Waals surface area contributed by atoms with E-state index in [1.54, 1.807) is 19.2 Å². The van der Waals surface area contributed by atoms with Gasteiger partial charge in [-0.3, -0.25) is 15.1 Å². The maximum atomic E-state index is 10.7. The summed E-state index contributed by atoms with van der Waals surface area (Å²) in [6.45, 7) is 5.55. The minimum absolute atomic E-state index is 0.101. The van der Waals surface area contributed by atoms with E-state index in [1.807, 2.05) is 6.07 Å². The molecule has 104 valence electrons. The van der Waals surface area contributed by atoms with Gasteiger partial charge >= 0.3 is 0 Å². The second-order valence-corrected chi connectivity index (χ2v) is 4.63. The third kappa shape index (κ3) is 5.37. The Labute approximate surface area is 113 Å². The van der Waals surface area contributed by atoms with E-state index in [0.29, 0.717) is 18.4 Å². The summed E-state index contributed by atoms with van der Waals surface area (Å²) in [4.78, 5) is 14.4. The molecule has 1 aromatic rings. The van der Waals surface area contributed by atoms with Gasteiger partial charge in [0.1, 0.15) is 0 Å². The quantitative estimate of drug-likeness (QED) is 0.368. The Balaban J connectivity index is 2.55. The summed E-state index contributed by atoms with van der Waals surface area (Å²) < 4.78 is 0. The van der Waals surface area contributed by atoms with Crippen molar-refractivity contribution in [3.63, 3.8) is 0 Å². The second-order valence-electron chi connectivity index (χ2n) is 4.63. The van der Waals surface area contributed by atoms with Crippen molar-refractivity contribution >= 4 is 11.6 Å². The lowest BCUT2D eigenvalue weighted by Crippen LogP contribution is -2.38. The Kier molecular flexibility index (Phi) is 5.78. The van der Waals surface area contributed by atoms with Crippen LogP contribution < -0.4 is 10.6 Å². The topological polar surface area (TPSA) is 79.6 Å². The average Bonchev–Trinajstić information content (AvgIpc) is 2.39. The first-order chi connectivity index (χ1) is 9.02. The first kappa shape index (κ1) is 14.9. The van der Waals surface area contributed by atoms with Crippen molar-refractivity contribution in [2.45, 2.75) is 20.4 Å². The van der Waals surface area contributed by atoms with Crippen LogP contribution in [0.25, 0.3) is 0 Å². The molecular weight excluding hydrogens is 244 g/mol. The highest BCUT2D eigenvalue weighted by Gasteiger charge is 2.06. The second kappa shape index (κ2) is 7.35. The van der Waals surface area contributed by atoms with Crippen LogP contribution in [0.3, 0.4) is 0 Å². The standard InChI is InChI=1S/C13H20N4O2/c1-10(2)8-15-13(14-3)16-9-11-5-4-6-12(7-11)17(18)19/h4-7,10H,8-9H2,1-3H3,(H2,14,15,16). The van der Waals surface area contributed by atoms with Gasteiger partial charge in [-0.15, -0.1) is 0 Å². The van der Waals surface area contributed by atoms with E-state index in [2.05, 4.69) is 29.5 Å². The van der Waals surface area contributed by atoms with Crippen molar-refractivity contribution in [1.29, 1.82) is 0 Å². The molecule has 0 amide bonds. The maximum absolute atomic E-state index is 10.7. The zero-order valence-corrected chi connectivity index (χ0v) is 11.5. The Morgan fingerprint density at radius 2 is 2.16 bits per heavy atom. The molecule has 0 bridgehead atoms. The van der Waals surface area contributed by atoms with E-state index in [4.69, 9.17) is 0 Å². The van der Waals surface area contributed by atoms with Gasteiger partial charge in [0.05, 0.1) is 4.92 Å². The molecule has 0 aliphatic heterocycles. The van der Waals surface area contributed by atoms with Crippen LogP contribution in [-0.2, 0) is 6.54 Å². The number of guanidine groups is 1. The minimum Gasteiger partial charge on any atom is -0.356 e. The van der Waals surface area contributed by atoms with Crippen LogP contribution in [-0.4, -0.2) is 24.5 Å². The number of benzene rings is 1. The first-order valence-electron chi connectivity index (χ1n) is 6.20. The molecule has 6 heteroatoms. The van der Waals surface area contributed by atoms with Gasteiger partial charge in [0.15, 0.2) is 5.96 Å². The van der Waals surface area contributed by atoms with Gasteiger partial charge in [-0.05, 0) is 11.5 Å². The van der Waals surface area contributed by atoms with Crippen molar-refractivity contribution in [2.75, 3.05) is 13.6 Å². The molecule has 0 aromatic heterocycles. The van der Waals surface area contributed by atoms with E-state index >= 15 is 0 Å². The van der Waals surface area contributed by atoms with Crippen LogP contribution in [0.4, 0.5) is 5.69 Å². The molecule has 0 aliphatic rings. The van der Waals surface area contributed by atoms with Crippen LogP contribution in [0.1, 0.15) is 19.4 Å². The summed E-state index contributed by atoms with van der Waals surface area (Å²) in [6, 6.07) is 6.56. The van der Waals surface area contributed by atoms with Gasteiger partial charge in [-0.25, -0.2) is 0 Å². The Hall–Kier alpha value is -2.11. The molecule has 0 fully saturated rings. The molecule has 0 aliphatic carbocycles. The molecule has 0 spiro atoms. The predicted octanol–water partition coefficient (Wildman–Crippen LogP) is 1.92. The molecular formula is C13H20N4O2. The predicted molar refractivity (Wildman–Crippen MR) is 76.1 cm³/mol. The van der Waals surface area contributed by atoms with Crippen molar-refractivity contribution < 1.29 is 4.92 Å². The fraction of sp³-hybridized carbons (Fsp3) is 0.462. The molecule has 1 rings (SSSR count). The normalized spacial score (nSPS) is 11.5. The summed E-state index contributed by atoms with van der Waals surface area (Å²) >= 11 is 0. The van der Waals surface area contributed by atoms with Crippen LogP contribution >= 0.6 is 0 Å². The zero-order valence-electron chi connectivity index (χ0n) is 11.5. The van der Waals surface area contributed by atoms with Crippen LogP contribution in [0.2, 0.25) is 0 Å². The number of nitrogens with one attached hydrogen (secondary N) is 2. The molecule has 0 unspecified atom stereocenters. The summed E-state index contributed by atoms with van der Waals surface area (Å²) in [7, 11) is 1.70. The maximum Gasteiger partial charge on any atom is 0.269 e. The Morgan fingerprint density at radius 1 is 1.42 bits per heavy atom. The number of rotatable bonds is 5. The lowest BCUT2D eigenvalue weighted by molar-refractivity contribution is -0.384. The molecule has 19 heavy (non-hydrogen) atoms. The Bertz CT molecular complexity index is 458. The highest BCUT2D eigenvalue weighted by Crippen LogP contribution is 2.12. The van der Waals surface area contributed by atoms with Gasteiger partial charge in [-0.1, -0.05) is 26.0 Å².